The average molecular weight is 403 g/mol. The number of methoxy groups -OCH3 is 1. The molecular weight excluding hydrogens is 376 g/mol. The second-order valence-electron chi connectivity index (χ2n) is 5.96. The van der Waals surface area contributed by atoms with Crippen LogP contribution in [0, 0.1) is 0 Å². The van der Waals surface area contributed by atoms with Crippen LogP contribution in [0.2, 0.25) is 0 Å². The van der Waals surface area contributed by atoms with Crippen LogP contribution in [0.1, 0.15) is 42.7 Å². The fourth-order valence-electron chi connectivity index (χ4n) is 2.63. The lowest BCUT2D eigenvalue weighted by Gasteiger charge is -2.19. The number of nitrogens with one attached hydrogen (secondary N) is 2. The molecule has 0 bridgehead atoms. The predicted octanol–water partition coefficient (Wildman–Crippen LogP) is 4.32. The van der Waals surface area contributed by atoms with Gasteiger partial charge in [0, 0.05) is 5.69 Å². The lowest BCUT2D eigenvalue weighted by Crippen LogP contribution is -2.31. The highest BCUT2D eigenvalue weighted by Gasteiger charge is 2.13. The number of esters is 1. The maximum Gasteiger partial charge on any atom is 0.337 e. The van der Waals surface area contributed by atoms with Crippen molar-refractivity contribution in [3.05, 3.63) is 53.6 Å². The molecule has 2 N–H and O–H groups in total. The van der Waals surface area contributed by atoms with Crippen LogP contribution < -0.4 is 20.1 Å². The van der Waals surface area contributed by atoms with Gasteiger partial charge in [0.2, 0.25) is 0 Å². The zero-order valence-electron chi connectivity index (χ0n) is 16.6. The first kappa shape index (κ1) is 21.5. The molecule has 2 rings (SSSR count). The van der Waals surface area contributed by atoms with Crippen molar-refractivity contribution in [2.24, 2.45) is 0 Å². The van der Waals surface area contributed by atoms with Crippen molar-refractivity contribution >= 4 is 29.0 Å². The van der Waals surface area contributed by atoms with E-state index in [2.05, 4.69) is 10.6 Å². The minimum absolute atomic E-state index is 0.0568. The third kappa shape index (κ3) is 5.85. The number of benzene rings is 2. The molecule has 0 amide bonds. The maximum absolute atomic E-state index is 11.7. The molecule has 0 saturated carbocycles. The van der Waals surface area contributed by atoms with Gasteiger partial charge >= 0.3 is 5.97 Å². The third-order valence-electron chi connectivity index (χ3n) is 3.96. The van der Waals surface area contributed by atoms with Crippen LogP contribution in [0.5, 0.6) is 11.5 Å². The van der Waals surface area contributed by atoms with Gasteiger partial charge in [0.15, 0.2) is 16.6 Å². The molecule has 0 aliphatic rings. The standard InChI is InChI=1S/C21H26N2O4S/c1-5-26-18-11-10-15(13-19(18)27-6-2)14(3)22-21(28)23-17-9-7-8-16(12-17)20(24)25-4/h7-14H,5-6H2,1-4H3,(H2,22,23,28)/t14-/m1/s1. The van der Waals surface area contributed by atoms with Crippen LogP contribution in [-0.4, -0.2) is 31.4 Å². The van der Waals surface area contributed by atoms with E-state index in [-0.39, 0.29) is 6.04 Å². The van der Waals surface area contributed by atoms with E-state index >= 15 is 0 Å². The molecule has 0 fully saturated rings. The fraction of sp³-hybridized carbons (Fsp3) is 0.333. The molecule has 0 aliphatic carbocycles. The number of thiocarbonyl (C=S) groups is 1. The molecule has 0 aromatic heterocycles. The van der Waals surface area contributed by atoms with Gasteiger partial charge in [0.1, 0.15) is 0 Å². The molecule has 2 aromatic carbocycles. The SMILES string of the molecule is CCOc1ccc([C@@H](C)NC(=S)Nc2cccc(C(=O)OC)c2)cc1OCC. The van der Waals surface area contributed by atoms with E-state index in [9.17, 15) is 4.79 Å². The Bertz CT molecular complexity index is 826. The average Bonchev–Trinajstić information content (AvgIpc) is 2.69. The summed E-state index contributed by atoms with van der Waals surface area (Å²) in [6.45, 7) is 7.01. The number of hydrogen-bond acceptors (Lipinski definition) is 5. The summed E-state index contributed by atoms with van der Waals surface area (Å²) >= 11 is 5.41. The first-order valence-corrected chi connectivity index (χ1v) is 9.54. The summed E-state index contributed by atoms with van der Waals surface area (Å²) in [6.07, 6.45) is 0. The molecule has 2 aromatic rings. The van der Waals surface area contributed by atoms with Crippen LogP contribution >= 0.6 is 12.2 Å². The summed E-state index contributed by atoms with van der Waals surface area (Å²) in [6, 6.07) is 12.7. The van der Waals surface area contributed by atoms with Gasteiger partial charge in [0.25, 0.3) is 0 Å². The van der Waals surface area contributed by atoms with E-state index in [1.54, 1.807) is 18.2 Å². The Balaban J connectivity index is 2.06. The number of carbonyl (C=O) groups excluding carboxylic acids is 1. The van der Waals surface area contributed by atoms with Gasteiger partial charge < -0.3 is 24.8 Å². The summed E-state index contributed by atoms with van der Waals surface area (Å²) in [5.74, 6) is 1.04. The Labute approximate surface area is 171 Å². The maximum atomic E-state index is 11.7. The van der Waals surface area contributed by atoms with E-state index in [0.717, 1.165) is 11.3 Å². The predicted molar refractivity (Wildman–Crippen MR) is 114 cm³/mol. The summed E-state index contributed by atoms with van der Waals surface area (Å²) in [5.41, 5.74) is 2.17. The normalized spacial score (nSPS) is 11.3. The second-order valence-corrected chi connectivity index (χ2v) is 6.37. The van der Waals surface area contributed by atoms with Gasteiger partial charge in [-0.25, -0.2) is 4.79 Å². The molecule has 0 aliphatic heterocycles. The molecule has 0 radical (unpaired) electrons. The van der Waals surface area contributed by atoms with Gasteiger partial charge in [-0.1, -0.05) is 12.1 Å². The van der Waals surface area contributed by atoms with E-state index in [1.807, 2.05) is 45.0 Å². The number of ether oxygens (including phenoxy) is 3. The number of anilines is 1. The van der Waals surface area contributed by atoms with Gasteiger partial charge in [-0.2, -0.15) is 0 Å². The lowest BCUT2D eigenvalue weighted by atomic mass is 10.1. The van der Waals surface area contributed by atoms with Crippen LogP contribution in [0.25, 0.3) is 0 Å². The molecule has 6 nitrogen and oxygen atoms in total. The largest absolute Gasteiger partial charge is 0.490 e. The Hall–Kier alpha value is -2.80. The Kier molecular flexibility index (Phi) is 8.07. The molecule has 0 spiro atoms. The topological polar surface area (TPSA) is 68.8 Å². The van der Waals surface area contributed by atoms with Crippen molar-refractivity contribution in [3.63, 3.8) is 0 Å². The molecule has 0 heterocycles. The number of carbonyl (C=O) groups is 1. The van der Waals surface area contributed by atoms with Crippen LogP contribution in [0.4, 0.5) is 5.69 Å². The summed E-state index contributed by atoms with van der Waals surface area (Å²) in [5, 5.41) is 6.77. The minimum Gasteiger partial charge on any atom is -0.490 e. The highest BCUT2D eigenvalue weighted by atomic mass is 32.1. The number of hydrogen-bond donors (Lipinski definition) is 2. The second kappa shape index (κ2) is 10.5. The summed E-state index contributed by atoms with van der Waals surface area (Å²) < 4.78 is 16.0. The Morgan fingerprint density at radius 2 is 1.79 bits per heavy atom. The first-order valence-electron chi connectivity index (χ1n) is 9.13. The fourth-order valence-corrected chi connectivity index (χ4v) is 2.92. The molecule has 0 saturated heterocycles. The van der Waals surface area contributed by atoms with Crippen molar-refractivity contribution in [2.45, 2.75) is 26.8 Å². The summed E-state index contributed by atoms with van der Waals surface area (Å²) in [7, 11) is 1.35. The van der Waals surface area contributed by atoms with Crippen LogP contribution in [0.3, 0.4) is 0 Å². The van der Waals surface area contributed by atoms with E-state index < -0.39 is 5.97 Å². The molecular formula is C21H26N2O4S. The minimum atomic E-state index is -0.395. The van der Waals surface area contributed by atoms with Crippen molar-refractivity contribution in [1.29, 1.82) is 0 Å². The third-order valence-corrected chi connectivity index (χ3v) is 4.18. The van der Waals surface area contributed by atoms with E-state index in [4.69, 9.17) is 26.4 Å². The van der Waals surface area contributed by atoms with E-state index in [0.29, 0.717) is 35.3 Å². The Morgan fingerprint density at radius 1 is 1.07 bits per heavy atom. The van der Waals surface area contributed by atoms with Crippen LogP contribution in [0.15, 0.2) is 42.5 Å². The van der Waals surface area contributed by atoms with Gasteiger partial charge in [-0.3, -0.25) is 0 Å². The van der Waals surface area contributed by atoms with Crippen molar-refractivity contribution < 1.29 is 19.0 Å². The molecule has 28 heavy (non-hydrogen) atoms. The zero-order valence-corrected chi connectivity index (χ0v) is 17.4. The molecule has 150 valence electrons. The summed E-state index contributed by atoms with van der Waals surface area (Å²) in [4.78, 5) is 11.7. The smallest absolute Gasteiger partial charge is 0.337 e. The molecule has 1 atom stereocenters. The highest BCUT2D eigenvalue weighted by Crippen LogP contribution is 2.30. The van der Waals surface area contributed by atoms with Crippen molar-refractivity contribution in [3.8, 4) is 11.5 Å². The van der Waals surface area contributed by atoms with Crippen LogP contribution in [-0.2, 0) is 4.74 Å². The zero-order chi connectivity index (χ0) is 20.5. The van der Waals surface area contributed by atoms with E-state index in [1.165, 1.54) is 7.11 Å². The Morgan fingerprint density at radius 3 is 2.46 bits per heavy atom. The highest BCUT2D eigenvalue weighted by molar-refractivity contribution is 7.80. The lowest BCUT2D eigenvalue weighted by molar-refractivity contribution is 0.0601. The quantitative estimate of drug-likeness (QED) is 0.503. The van der Waals surface area contributed by atoms with Crippen molar-refractivity contribution in [2.75, 3.05) is 25.6 Å². The van der Waals surface area contributed by atoms with Gasteiger partial charge in [-0.05, 0) is 68.9 Å². The van der Waals surface area contributed by atoms with Gasteiger partial charge in [0.05, 0.1) is 31.9 Å². The monoisotopic (exact) mass is 402 g/mol. The number of rotatable bonds is 8. The molecule has 0 unspecified atom stereocenters. The molecule has 7 heteroatoms. The van der Waals surface area contributed by atoms with Crippen molar-refractivity contribution in [1.82, 2.24) is 5.32 Å². The first-order chi connectivity index (χ1) is 13.5. The van der Waals surface area contributed by atoms with Gasteiger partial charge in [-0.15, -0.1) is 0 Å².